The van der Waals surface area contributed by atoms with Gasteiger partial charge < -0.3 is 15.4 Å². The summed E-state index contributed by atoms with van der Waals surface area (Å²) >= 11 is 6.11. The molecule has 0 saturated heterocycles. The molecule has 1 fully saturated rings. The van der Waals surface area contributed by atoms with Crippen LogP contribution < -0.4 is 15.4 Å². The van der Waals surface area contributed by atoms with Crippen molar-refractivity contribution in [3.8, 4) is 5.75 Å². The van der Waals surface area contributed by atoms with E-state index in [1.807, 2.05) is 39.0 Å². The van der Waals surface area contributed by atoms with Gasteiger partial charge in [0.05, 0.1) is 12.8 Å². The number of ether oxygens (including phenoxy) is 1. The lowest BCUT2D eigenvalue weighted by atomic mass is 10.0. The van der Waals surface area contributed by atoms with E-state index in [0.717, 1.165) is 22.4 Å². The Morgan fingerprint density at radius 3 is 2.15 bits per heavy atom. The summed E-state index contributed by atoms with van der Waals surface area (Å²) in [5, 5.41) is 6.30. The Kier molecular flexibility index (Phi) is 5.16. The zero-order chi connectivity index (χ0) is 19.8. The third kappa shape index (κ3) is 3.78. The Morgan fingerprint density at radius 2 is 1.59 bits per heavy atom. The fourth-order valence-electron chi connectivity index (χ4n) is 3.05. The molecule has 0 bridgehead atoms. The maximum Gasteiger partial charge on any atom is 0.240 e. The van der Waals surface area contributed by atoms with Gasteiger partial charge in [-0.1, -0.05) is 29.3 Å². The number of carbonyl (C=O) groups is 2. The fraction of sp³-hybridized carbons (Fsp3) is 0.333. The molecular weight excluding hydrogens is 364 g/mol. The number of amides is 2. The molecule has 0 aliphatic heterocycles. The summed E-state index contributed by atoms with van der Waals surface area (Å²) in [6.45, 7) is 5.77. The fourth-order valence-corrected chi connectivity index (χ4v) is 3.20. The van der Waals surface area contributed by atoms with Crippen LogP contribution in [0.2, 0.25) is 5.02 Å². The molecule has 1 aliphatic carbocycles. The summed E-state index contributed by atoms with van der Waals surface area (Å²) in [7, 11) is 1.51. The predicted octanol–water partition coefficient (Wildman–Crippen LogP) is 4.63. The molecule has 3 rings (SSSR count). The molecule has 2 amide bonds. The second kappa shape index (κ2) is 7.24. The summed E-state index contributed by atoms with van der Waals surface area (Å²) in [5.41, 5.74) is 3.09. The van der Waals surface area contributed by atoms with Crippen molar-refractivity contribution in [2.45, 2.75) is 33.6 Å². The van der Waals surface area contributed by atoms with Crippen molar-refractivity contribution >= 4 is 34.8 Å². The Balaban J connectivity index is 1.78. The van der Waals surface area contributed by atoms with Gasteiger partial charge in [0.1, 0.15) is 11.2 Å². The number of nitrogens with one attached hydrogen (secondary N) is 2. The van der Waals surface area contributed by atoms with E-state index >= 15 is 0 Å². The van der Waals surface area contributed by atoms with E-state index < -0.39 is 5.41 Å². The highest BCUT2D eigenvalue weighted by molar-refractivity contribution is 6.31. The van der Waals surface area contributed by atoms with Crippen molar-refractivity contribution in [3.05, 3.63) is 52.0 Å². The number of anilines is 2. The van der Waals surface area contributed by atoms with Crippen LogP contribution in [-0.4, -0.2) is 18.9 Å². The van der Waals surface area contributed by atoms with E-state index in [1.54, 1.807) is 12.1 Å². The smallest absolute Gasteiger partial charge is 0.240 e. The molecule has 0 heterocycles. The molecule has 1 saturated carbocycles. The van der Waals surface area contributed by atoms with Crippen LogP contribution in [0.25, 0.3) is 0 Å². The van der Waals surface area contributed by atoms with Crippen LogP contribution in [0.3, 0.4) is 0 Å². The SMILES string of the molecule is COc1cc(Cl)c(C)cc1NC(=O)C1(C(=O)Nc2ccc(C)cc2C)CC1. The van der Waals surface area contributed by atoms with E-state index in [1.165, 1.54) is 7.11 Å². The van der Waals surface area contributed by atoms with E-state index in [2.05, 4.69) is 10.6 Å². The van der Waals surface area contributed by atoms with Gasteiger partial charge >= 0.3 is 0 Å². The average molecular weight is 387 g/mol. The average Bonchev–Trinajstić information content (AvgIpc) is 3.42. The second-order valence-corrected chi connectivity index (χ2v) is 7.52. The van der Waals surface area contributed by atoms with Gasteiger partial charge in [0.2, 0.25) is 11.8 Å². The third-order valence-electron chi connectivity index (χ3n) is 4.98. The summed E-state index contributed by atoms with van der Waals surface area (Å²) in [6.07, 6.45) is 1.04. The Hall–Kier alpha value is -2.53. The maximum atomic E-state index is 12.9. The quantitative estimate of drug-likeness (QED) is 0.736. The Bertz CT molecular complexity index is 920. The maximum absolute atomic E-state index is 12.9. The van der Waals surface area contributed by atoms with Gasteiger partial charge in [0.15, 0.2) is 0 Å². The van der Waals surface area contributed by atoms with Crippen LogP contribution in [0, 0.1) is 26.2 Å². The first kappa shape index (κ1) is 19.2. The highest BCUT2D eigenvalue weighted by atomic mass is 35.5. The third-order valence-corrected chi connectivity index (χ3v) is 5.39. The van der Waals surface area contributed by atoms with Crippen molar-refractivity contribution < 1.29 is 14.3 Å². The van der Waals surface area contributed by atoms with E-state index in [4.69, 9.17) is 16.3 Å². The van der Waals surface area contributed by atoms with Gasteiger partial charge in [-0.15, -0.1) is 0 Å². The number of rotatable bonds is 5. The normalized spacial score (nSPS) is 14.4. The molecule has 0 unspecified atom stereocenters. The highest BCUT2D eigenvalue weighted by Gasteiger charge is 2.56. The largest absolute Gasteiger partial charge is 0.495 e. The van der Waals surface area contributed by atoms with E-state index in [9.17, 15) is 9.59 Å². The van der Waals surface area contributed by atoms with Gasteiger partial charge in [0.25, 0.3) is 0 Å². The Labute approximate surface area is 164 Å². The molecule has 2 N–H and O–H groups in total. The first-order chi connectivity index (χ1) is 12.8. The molecule has 6 heteroatoms. The lowest BCUT2D eigenvalue weighted by Crippen LogP contribution is -2.36. The lowest BCUT2D eigenvalue weighted by Gasteiger charge is -2.18. The van der Waals surface area contributed by atoms with Gasteiger partial charge in [0, 0.05) is 16.8 Å². The standard InChI is InChI=1S/C21H23ClN2O3/c1-12-5-6-16(14(3)9-12)23-19(25)21(7-8-21)20(26)24-17-10-13(2)15(22)11-18(17)27-4/h5-6,9-11H,7-8H2,1-4H3,(H,23,25)(H,24,26). The first-order valence-corrected chi connectivity index (χ1v) is 9.19. The summed E-state index contributed by atoms with van der Waals surface area (Å²) < 4.78 is 5.30. The lowest BCUT2D eigenvalue weighted by molar-refractivity contribution is -0.131. The number of methoxy groups -OCH3 is 1. The van der Waals surface area contributed by atoms with Gasteiger partial charge in [-0.05, 0) is 56.9 Å². The molecule has 0 radical (unpaired) electrons. The van der Waals surface area contributed by atoms with E-state index in [0.29, 0.717) is 29.3 Å². The zero-order valence-electron chi connectivity index (χ0n) is 15.9. The molecule has 0 atom stereocenters. The number of hydrogen-bond donors (Lipinski definition) is 2. The molecule has 0 aromatic heterocycles. The van der Waals surface area contributed by atoms with Gasteiger partial charge in [-0.2, -0.15) is 0 Å². The van der Waals surface area contributed by atoms with Crippen molar-refractivity contribution in [2.24, 2.45) is 5.41 Å². The van der Waals surface area contributed by atoms with E-state index in [-0.39, 0.29) is 11.8 Å². The van der Waals surface area contributed by atoms with Gasteiger partial charge in [-0.25, -0.2) is 0 Å². The van der Waals surface area contributed by atoms with Crippen molar-refractivity contribution in [1.29, 1.82) is 0 Å². The van der Waals surface area contributed by atoms with Crippen LogP contribution in [-0.2, 0) is 9.59 Å². The molecule has 2 aromatic rings. The molecule has 142 valence electrons. The van der Waals surface area contributed by atoms with Crippen LogP contribution in [0.4, 0.5) is 11.4 Å². The molecule has 2 aromatic carbocycles. The summed E-state index contributed by atoms with van der Waals surface area (Å²) in [4.78, 5) is 25.7. The predicted molar refractivity (Wildman–Crippen MR) is 108 cm³/mol. The molecule has 27 heavy (non-hydrogen) atoms. The number of carbonyl (C=O) groups excluding carboxylic acids is 2. The molecule has 0 spiro atoms. The van der Waals surface area contributed by atoms with Crippen LogP contribution >= 0.6 is 11.6 Å². The van der Waals surface area contributed by atoms with Crippen LogP contribution in [0.5, 0.6) is 5.75 Å². The number of benzene rings is 2. The summed E-state index contributed by atoms with van der Waals surface area (Å²) in [6, 6.07) is 9.20. The Morgan fingerprint density at radius 1 is 0.963 bits per heavy atom. The van der Waals surface area contributed by atoms with Crippen molar-refractivity contribution in [3.63, 3.8) is 0 Å². The zero-order valence-corrected chi connectivity index (χ0v) is 16.7. The minimum atomic E-state index is -1.05. The highest BCUT2D eigenvalue weighted by Crippen LogP contribution is 2.48. The van der Waals surface area contributed by atoms with Gasteiger partial charge in [-0.3, -0.25) is 9.59 Å². The minimum absolute atomic E-state index is 0.281. The van der Waals surface area contributed by atoms with Crippen LogP contribution in [0.15, 0.2) is 30.3 Å². The number of hydrogen-bond acceptors (Lipinski definition) is 3. The number of aryl methyl sites for hydroxylation is 3. The first-order valence-electron chi connectivity index (χ1n) is 8.81. The minimum Gasteiger partial charge on any atom is -0.495 e. The topological polar surface area (TPSA) is 67.4 Å². The molecule has 5 nitrogen and oxygen atoms in total. The molecular formula is C21H23ClN2O3. The van der Waals surface area contributed by atoms with Crippen molar-refractivity contribution in [1.82, 2.24) is 0 Å². The number of halogens is 1. The molecule has 1 aliphatic rings. The summed E-state index contributed by atoms with van der Waals surface area (Å²) in [5.74, 6) is -0.147. The monoisotopic (exact) mass is 386 g/mol. The van der Waals surface area contributed by atoms with Crippen LogP contribution in [0.1, 0.15) is 29.5 Å². The van der Waals surface area contributed by atoms with Crippen molar-refractivity contribution in [2.75, 3.05) is 17.7 Å². The second-order valence-electron chi connectivity index (χ2n) is 7.11.